The predicted molar refractivity (Wildman–Crippen MR) is 51.2 cm³/mol. The standard InChI is InChI=1S/C10H8S.Au/c11-10-6-5-8-3-1-2-4-9(8)7-10;/h1-7,11H;. The first-order valence-corrected chi connectivity index (χ1v) is 3.99. The zero-order chi connectivity index (χ0) is 7.68. The molecule has 0 atom stereocenters. The third kappa shape index (κ3) is 1.93. The van der Waals surface area contributed by atoms with E-state index in [0.29, 0.717) is 0 Å². The fraction of sp³-hybridized carbons (Fsp3) is 0. The molecular weight excluding hydrogens is 349 g/mol. The average Bonchev–Trinajstić information content (AvgIpc) is 2.04. The van der Waals surface area contributed by atoms with E-state index in [0.717, 1.165) is 4.90 Å². The van der Waals surface area contributed by atoms with Crippen molar-refractivity contribution >= 4 is 23.4 Å². The van der Waals surface area contributed by atoms with Crippen LogP contribution in [0.25, 0.3) is 10.8 Å². The van der Waals surface area contributed by atoms with E-state index in [1.165, 1.54) is 10.8 Å². The summed E-state index contributed by atoms with van der Waals surface area (Å²) in [5, 5.41) is 2.52. The number of hydrogen-bond acceptors (Lipinski definition) is 1. The third-order valence-electron chi connectivity index (χ3n) is 1.73. The van der Waals surface area contributed by atoms with Gasteiger partial charge in [-0.2, -0.15) is 0 Å². The van der Waals surface area contributed by atoms with Gasteiger partial charge in [0.1, 0.15) is 0 Å². The van der Waals surface area contributed by atoms with Gasteiger partial charge in [-0.3, -0.25) is 0 Å². The average molecular weight is 357 g/mol. The molecule has 0 saturated heterocycles. The summed E-state index contributed by atoms with van der Waals surface area (Å²) in [5.74, 6) is 0. The zero-order valence-corrected chi connectivity index (χ0v) is 9.35. The summed E-state index contributed by atoms with van der Waals surface area (Å²) in [4.78, 5) is 1.02. The summed E-state index contributed by atoms with van der Waals surface area (Å²) in [7, 11) is 0. The maximum absolute atomic E-state index is 4.26. The monoisotopic (exact) mass is 357 g/mol. The molecule has 2 rings (SSSR count). The van der Waals surface area contributed by atoms with Crippen LogP contribution < -0.4 is 0 Å². The predicted octanol–water partition coefficient (Wildman–Crippen LogP) is 3.13. The van der Waals surface area contributed by atoms with Gasteiger partial charge in [-0.25, -0.2) is 0 Å². The van der Waals surface area contributed by atoms with Crippen LogP contribution in [-0.2, 0) is 22.4 Å². The SMILES string of the molecule is Sc1ccc2ccccc2c1.[Au]. The summed E-state index contributed by atoms with van der Waals surface area (Å²) in [5.41, 5.74) is 0. The quantitative estimate of drug-likeness (QED) is 0.544. The molecule has 0 aliphatic carbocycles. The van der Waals surface area contributed by atoms with Gasteiger partial charge in [-0.05, 0) is 22.9 Å². The topological polar surface area (TPSA) is 0 Å². The van der Waals surface area contributed by atoms with Crippen molar-refractivity contribution in [1.82, 2.24) is 0 Å². The van der Waals surface area contributed by atoms with E-state index in [1.54, 1.807) is 0 Å². The van der Waals surface area contributed by atoms with E-state index >= 15 is 0 Å². The number of rotatable bonds is 0. The Morgan fingerprint density at radius 2 is 1.50 bits per heavy atom. The Bertz CT molecular complexity index is 384. The van der Waals surface area contributed by atoms with E-state index in [4.69, 9.17) is 0 Å². The molecule has 2 heteroatoms. The van der Waals surface area contributed by atoms with Crippen molar-refractivity contribution in [1.29, 1.82) is 0 Å². The molecule has 2 aromatic carbocycles. The molecule has 0 spiro atoms. The minimum Gasteiger partial charge on any atom is -0.143 e. The summed E-state index contributed by atoms with van der Waals surface area (Å²) in [6, 6.07) is 14.4. The van der Waals surface area contributed by atoms with Crippen molar-refractivity contribution in [2.24, 2.45) is 0 Å². The molecule has 0 nitrogen and oxygen atoms in total. The summed E-state index contributed by atoms with van der Waals surface area (Å²) in [6.07, 6.45) is 0. The first-order valence-electron chi connectivity index (χ1n) is 3.54. The molecule has 0 aromatic heterocycles. The van der Waals surface area contributed by atoms with Crippen LogP contribution in [0.5, 0.6) is 0 Å². The smallest absolute Gasteiger partial charge is 0.00463 e. The first-order chi connectivity index (χ1) is 5.36. The van der Waals surface area contributed by atoms with Crippen molar-refractivity contribution in [3.05, 3.63) is 42.5 Å². The molecule has 0 aliphatic rings. The molecule has 0 amide bonds. The number of thiol groups is 1. The molecule has 0 N–H and O–H groups in total. The van der Waals surface area contributed by atoms with Crippen molar-refractivity contribution in [3.8, 4) is 0 Å². The van der Waals surface area contributed by atoms with Crippen molar-refractivity contribution in [2.45, 2.75) is 4.90 Å². The van der Waals surface area contributed by atoms with E-state index in [9.17, 15) is 0 Å². The van der Waals surface area contributed by atoms with Crippen LogP contribution in [0, 0.1) is 0 Å². The largest absolute Gasteiger partial charge is 0.143 e. The molecule has 12 heavy (non-hydrogen) atoms. The second kappa shape index (κ2) is 4.15. The molecule has 1 radical (unpaired) electrons. The minimum atomic E-state index is 0. The van der Waals surface area contributed by atoms with Crippen LogP contribution in [-0.4, -0.2) is 0 Å². The molecule has 0 bridgehead atoms. The van der Waals surface area contributed by atoms with Crippen molar-refractivity contribution in [2.75, 3.05) is 0 Å². The van der Waals surface area contributed by atoms with Crippen LogP contribution in [0.2, 0.25) is 0 Å². The molecule has 0 fully saturated rings. The molecule has 0 aliphatic heterocycles. The Morgan fingerprint density at radius 1 is 0.833 bits per heavy atom. The van der Waals surface area contributed by atoms with Gasteiger partial charge in [0.25, 0.3) is 0 Å². The zero-order valence-electron chi connectivity index (χ0n) is 6.29. The Morgan fingerprint density at radius 3 is 2.25 bits per heavy atom. The summed E-state index contributed by atoms with van der Waals surface area (Å²) < 4.78 is 0. The molecule has 2 aromatic rings. The number of fused-ring (bicyclic) bond motifs is 1. The third-order valence-corrected chi connectivity index (χ3v) is 2.01. The van der Waals surface area contributed by atoms with Gasteiger partial charge < -0.3 is 0 Å². The Hall–Kier alpha value is -0.210. The molecule has 0 unspecified atom stereocenters. The van der Waals surface area contributed by atoms with Gasteiger partial charge in [0.05, 0.1) is 0 Å². The van der Waals surface area contributed by atoms with Crippen LogP contribution in [0.4, 0.5) is 0 Å². The molecule has 0 heterocycles. The van der Waals surface area contributed by atoms with Crippen LogP contribution in [0.1, 0.15) is 0 Å². The molecular formula is C10H8AuS. The number of benzene rings is 2. The Balaban J connectivity index is 0.000000720. The van der Waals surface area contributed by atoms with Crippen molar-refractivity contribution < 1.29 is 22.4 Å². The van der Waals surface area contributed by atoms with E-state index in [1.807, 2.05) is 18.2 Å². The van der Waals surface area contributed by atoms with Crippen LogP contribution in [0.15, 0.2) is 47.4 Å². The van der Waals surface area contributed by atoms with Gasteiger partial charge in [0, 0.05) is 27.3 Å². The maximum Gasteiger partial charge on any atom is 0.00463 e. The van der Waals surface area contributed by atoms with Gasteiger partial charge in [-0.15, -0.1) is 12.6 Å². The molecule has 65 valence electrons. The van der Waals surface area contributed by atoms with E-state index in [-0.39, 0.29) is 22.4 Å². The Kier molecular flexibility index (Phi) is 3.41. The summed E-state index contributed by atoms with van der Waals surface area (Å²) >= 11 is 4.26. The normalized spacial score (nSPS) is 9.42. The fourth-order valence-electron chi connectivity index (χ4n) is 1.18. The first kappa shape index (κ1) is 9.88. The fourth-order valence-corrected chi connectivity index (χ4v) is 1.39. The second-order valence-corrected chi connectivity index (χ2v) is 3.05. The van der Waals surface area contributed by atoms with Gasteiger partial charge in [-0.1, -0.05) is 30.3 Å². The van der Waals surface area contributed by atoms with Gasteiger partial charge in [0.2, 0.25) is 0 Å². The maximum atomic E-state index is 4.26. The van der Waals surface area contributed by atoms with Crippen LogP contribution in [0.3, 0.4) is 0 Å². The summed E-state index contributed by atoms with van der Waals surface area (Å²) in [6.45, 7) is 0. The number of hydrogen-bond donors (Lipinski definition) is 1. The van der Waals surface area contributed by atoms with Crippen LogP contribution >= 0.6 is 12.6 Å². The van der Waals surface area contributed by atoms with Crippen molar-refractivity contribution in [3.63, 3.8) is 0 Å². The second-order valence-electron chi connectivity index (χ2n) is 2.53. The van der Waals surface area contributed by atoms with Gasteiger partial charge in [0.15, 0.2) is 0 Å². The Labute approximate surface area is 92.9 Å². The minimum absolute atomic E-state index is 0. The molecule has 0 saturated carbocycles. The van der Waals surface area contributed by atoms with E-state index in [2.05, 4.69) is 36.9 Å². The van der Waals surface area contributed by atoms with Gasteiger partial charge >= 0.3 is 0 Å². The van der Waals surface area contributed by atoms with E-state index < -0.39 is 0 Å².